The maximum atomic E-state index is 14.0. The van der Waals surface area contributed by atoms with Gasteiger partial charge in [-0.25, -0.2) is 25.2 Å². The number of fused-ring (bicyclic) bond motifs is 1. The van der Waals surface area contributed by atoms with Gasteiger partial charge in [-0.2, -0.15) is 16.2 Å². The second kappa shape index (κ2) is 31.6. The molecule has 2 aliphatic rings. The van der Waals surface area contributed by atoms with Crippen LogP contribution >= 0.6 is 0 Å². The van der Waals surface area contributed by atoms with Gasteiger partial charge in [0.15, 0.2) is 5.82 Å². The molecule has 40 heteroatoms. The Balaban J connectivity index is 0.000000397. The molecule has 7 rings (SSSR count). The number of hydrogen-bond acceptors (Lipinski definition) is 16. The fourth-order valence-corrected chi connectivity index (χ4v) is 7.21. The van der Waals surface area contributed by atoms with Crippen LogP contribution in [0.25, 0.3) is 33.5 Å². The Bertz CT molecular complexity index is 2950. The lowest BCUT2D eigenvalue weighted by molar-refractivity contribution is -0.135. The molecule has 76 heavy (non-hydrogen) atoms. The molecular formula is C36H46FN35O4. The van der Waals surface area contributed by atoms with Crippen molar-refractivity contribution in [3.8, 4) is 22.6 Å². The Labute approximate surface area is 425 Å². The zero-order valence-electron chi connectivity index (χ0n) is 39.9. The van der Waals surface area contributed by atoms with E-state index in [0.717, 1.165) is 27.8 Å². The summed E-state index contributed by atoms with van der Waals surface area (Å²) in [7, 11) is 0. The third kappa shape index (κ3) is 17.3. The number of benzene rings is 2. The molecule has 2 amide bonds. The van der Waals surface area contributed by atoms with Crippen LogP contribution in [-0.2, 0) is 9.59 Å². The fourth-order valence-electron chi connectivity index (χ4n) is 7.21. The van der Waals surface area contributed by atoms with E-state index in [1.807, 2.05) is 41.0 Å². The third-order valence-corrected chi connectivity index (χ3v) is 10.5. The standard InChI is InChI=1S/C36H37FN10O3.H3N13.H3N11.H3NO/c1-23-20-46(31-11-6-26(19-40-31)34-38-13-3-14-39-34)16-17-47(23)32(48)21-45-15-12-36(22-45,24(2)44-50)35(49)41-28-9-10-30-29(18-28)33(43-42-30)25-4-7-27(37)8-5-25;1-3-5-7-9-11-13-12-10-8-6-4-2;1-3-5-7-9-11-10-8-6-4-2;1-2/h3-11,13-14,18-19,23,50H,12,15-17,20-22H2,1-2H3,(H,41,49)(H,42,43);(H3,1,2,5,6,9,10,13);(H3,1,2,5,6,9,10);2H,1H2/t23-,36?;;;/m1.../s1. The Hall–Kier alpha value is -10.6. The van der Waals surface area contributed by atoms with Gasteiger partial charge in [0.05, 0.1) is 23.5 Å². The number of carbonyl (C=O) groups excluding carboxylic acids is 2. The van der Waals surface area contributed by atoms with Crippen molar-refractivity contribution < 1.29 is 24.4 Å². The number of oxime groups is 1. The quantitative estimate of drug-likeness (QED) is 0.0151. The number of amides is 2. The Kier molecular flexibility index (Phi) is 24.1. The van der Waals surface area contributed by atoms with Crippen molar-refractivity contribution >= 4 is 39.9 Å². The van der Waals surface area contributed by atoms with Crippen molar-refractivity contribution in [3.05, 3.63) is 85.1 Å². The van der Waals surface area contributed by atoms with Gasteiger partial charge in [0, 0.05) is 79.6 Å². The number of nitrogens with one attached hydrogen (secondary N) is 4. The van der Waals surface area contributed by atoms with Crippen LogP contribution in [0.15, 0.2) is 189 Å². The number of hydrogen-bond donors (Lipinski definition) is 9. The van der Waals surface area contributed by atoms with Crippen molar-refractivity contribution in [2.24, 2.45) is 133 Å². The highest BCUT2D eigenvalue weighted by atomic mass is 19.1. The van der Waals surface area contributed by atoms with Gasteiger partial charge >= 0.3 is 0 Å². The number of likely N-dealkylation sites (tertiary alicyclic amines) is 1. The van der Waals surface area contributed by atoms with Crippen LogP contribution in [0.2, 0.25) is 0 Å². The number of nitrogens with zero attached hydrogens (tertiary/aromatic N) is 28. The van der Waals surface area contributed by atoms with Crippen molar-refractivity contribution in [1.29, 1.82) is 11.1 Å². The normalized spacial score (nSPS) is 17.3. The van der Waals surface area contributed by atoms with Gasteiger partial charge < -0.3 is 37.2 Å². The first kappa shape index (κ1) is 57.9. The van der Waals surface area contributed by atoms with Crippen LogP contribution < -0.4 is 27.8 Å². The number of H-pyrrole nitrogens is 1. The number of carbonyl (C=O) groups is 2. The van der Waals surface area contributed by atoms with Gasteiger partial charge in [-0.1, -0.05) is 15.6 Å². The van der Waals surface area contributed by atoms with Gasteiger partial charge in [-0.3, -0.25) is 19.6 Å². The van der Waals surface area contributed by atoms with Gasteiger partial charge in [0.25, 0.3) is 0 Å². The smallest absolute Gasteiger partial charge is 0.237 e. The first-order valence-corrected chi connectivity index (χ1v) is 21.3. The van der Waals surface area contributed by atoms with Crippen LogP contribution in [0.1, 0.15) is 20.3 Å². The highest BCUT2D eigenvalue weighted by molar-refractivity contribution is 6.13. The molecule has 2 atom stereocenters. The first-order chi connectivity index (χ1) is 37.1. The Morgan fingerprint density at radius 2 is 1.37 bits per heavy atom. The molecule has 0 radical (unpaired) electrons. The topological polar surface area (TPSA) is 549 Å². The molecule has 0 aliphatic carbocycles. The fraction of sp³-hybridized carbons (Fsp3) is 0.306. The lowest BCUT2D eigenvalue weighted by atomic mass is 9.81. The average molecular weight is 1050 g/mol. The minimum absolute atomic E-state index is 0.0183. The van der Waals surface area contributed by atoms with Gasteiger partial charge in [0.1, 0.15) is 17.1 Å². The molecule has 3 aromatic heterocycles. The number of anilines is 2. The molecule has 0 spiro atoms. The van der Waals surface area contributed by atoms with E-state index in [2.05, 4.69) is 163 Å². The summed E-state index contributed by atoms with van der Waals surface area (Å²) in [6, 6.07) is 17.1. The number of rotatable bonds is 17. The van der Waals surface area contributed by atoms with E-state index in [0.29, 0.717) is 49.8 Å². The number of nitrogens with two attached hydrogens (primary N) is 3. The maximum Gasteiger partial charge on any atom is 0.237 e. The largest absolute Gasteiger partial charge is 0.411 e. The first-order valence-electron chi connectivity index (χ1n) is 21.3. The summed E-state index contributed by atoms with van der Waals surface area (Å²) >= 11 is 0. The molecule has 2 aromatic carbocycles. The van der Waals surface area contributed by atoms with Crippen LogP contribution in [0, 0.1) is 22.3 Å². The van der Waals surface area contributed by atoms with Crippen molar-refractivity contribution in [3.63, 3.8) is 0 Å². The minimum Gasteiger partial charge on any atom is -0.411 e. The number of halogens is 1. The lowest BCUT2D eigenvalue weighted by Crippen LogP contribution is -2.56. The molecule has 39 nitrogen and oxygen atoms in total. The molecular weight excluding hydrogens is 1010 g/mol. The molecule has 2 saturated heterocycles. The van der Waals surface area contributed by atoms with E-state index < -0.39 is 5.41 Å². The highest BCUT2D eigenvalue weighted by Gasteiger charge is 2.48. The zero-order chi connectivity index (χ0) is 55.0. The summed E-state index contributed by atoms with van der Waals surface area (Å²) in [6.45, 7) is 6.32. The summed E-state index contributed by atoms with van der Waals surface area (Å²) in [4.78, 5) is 46.8. The highest BCUT2D eigenvalue weighted by Crippen LogP contribution is 2.35. The molecule has 5 heterocycles. The number of piperazine rings is 1. The van der Waals surface area contributed by atoms with Crippen LogP contribution in [0.4, 0.5) is 15.9 Å². The van der Waals surface area contributed by atoms with Crippen molar-refractivity contribution in [1.82, 2.24) is 34.9 Å². The Morgan fingerprint density at radius 1 is 0.789 bits per heavy atom. The molecule has 1 unspecified atom stereocenters. The second-order valence-corrected chi connectivity index (χ2v) is 14.7. The van der Waals surface area contributed by atoms with E-state index in [4.69, 9.17) is 16.3 Å². The maximum absolute atomic E-state index is 14.0. The van der Waals surface area contributed by atoms with Crippen molar-refractivity contribution in [2.45, 2.75) is 26.3 Å². The van der Waals surface area contributed by atoms with Gasteiger partial charge in [-0.15, -0.1) is 0 Å². The number of aromatic amines is 1. The molecule has 0 saturated carbocycles. The zero-order valence-corrected chi connectivity index (χ0v) is 39.9. The predicted molar refractivity (Wildman–Crippen MR) is 256 cm³/mol. The van der Waals surface area contributed by atoms with Crippen LogP contribution in [0.3, 0.4) is 0 Å². The number of pyridine rings is 1. The Morgan fingerprint density at radius 3 is 1.91 bits per heavy atom. The molecule has 2 aliphatic heterocycles. The summed E-state index contributed by atoms with van der Waals surface area (Å²) < 4.78 is 13.5. The van der Waals surface area contributed by atoms with E-state index >= 15 is 0 Å². The van der Waals surface area contributed by atoms with Crippen LogP contribution in [-0.4, -0.2) is 108 Å². The third-order valence-electron chi connectivity index (χ3n) is 10.5. The lowest BCUT2D eigenvalue weighted by Gasteiger charge is -2.41. The van der Waals surface area contributed by atoms with E-state index in [-0.39, 0.29) is 42.5 Å². The molecule has 5 aromatic rings. The average Bonchev–Trinajstić information content (AvgIpc) is 4.10. The summed E-state index contributed by atoms with van der Waals surface area (Å²) in [5.41, 5.74) is 14.9. The summed E-state index contributed by atoms with van der Waals surface area (Å²) in [5.74, 6) is 13.4. The van der Waals surface area contributed by atoms with E-state index in [1.165, 1.54) is 12.1 Å². The van der Waals surface area contributed by atoms with Gasteiger partial charge in [-0.05, 0) is 175 Å². The van der Waals surface area contributed by atoms with Crippen molar-refractivity contribution in [2.75, 3.05) is 49.5 Å². The molecule has 12 N–H and O–H groups in total. The molecule has 2 fully saturated rings. The van der Waals surface area contributed by atoms with E-state index in [1.54, 1.807) is 49.8 Å². The minimum atomic E-state index is -1.13. The summed E-state index contributed by atoms with van der Waals surface area (Å²) in [6.07, 6.45) is 5.55. The summed E-state index contributed by atoms with van der Waals surface area (Å²) in [5, 5.41) is 87.6. The number of aromatic nitrogens is 5. The molecule has 396 valence electrons. The van der Waals surface area contributed by atoms with Gasteiger partial charge in [0.2, 0.25) is 11.8 Å². The molecule has 0 bridgehead atoms. The predicted octanol–water partition coefficient (Wildman–Crippen LogP) is 6.86. The van der Waals surface area contributed by atoms with Crippen LogP contribution in [0.5, 0.6) is 0 Å². The van der Waals surface area contributed by atoms with E-state index in [9.17, 15) is 19.2 Å². The second-order valence-electron chi connectivity index (χ2n) is 14.7. The monoisotopic (exact) mass is 1050 g/mol. The SMILES string of the molecule is CC(=NO)C1(C(=O)Nc2ccc3[nH]nc(-c4ccc(F)cc4)c3c2)CCN(CC(=O)N2CCN(c3ccc(-c4ncccn4)cn3)C[C@H]2C)C1.N=N/N=N/N=N/N=N/N=N/N.N=N/N=N/N=N/N=N/N=N/N=N/N.NO.